The summed E-state index contributed by atoms with van der Waals surface area (Å²) in [5.41, 5.74) is 4.27. The molecule has 3 nitrogen and oxygen atoms in total. The summed E-state index contributed by atoms with van der Waals surface area (Å²) in [5, 5.41) is 9.48. The minimum atomic E-state index is -0.303. The van der Waals surface area contributed by atoms with Crippen LogP contribution in [0, 0.1) is 6.92 Å². The molecule has 2 atom stereocenters. The summed E-state index contributed by atoms with van der Waals surface area (Å²) in [6, 6.07) is 13.2. The van der Waals surface area contributed by atoms with Crippen molar-refractivity contribution in [3.05, 3.63) is 64.7 Å². The van der Waals surface area contributed by atoms with Crippen molar-refractivity contribution in [2.24, 2.45) is 0 Å². The van der Waals surface area contributed by atoms with Gasteiger partial charge in [0.15, 0.2) is 0 Å². The number of phenols is 1. The Morgan fingerprint density at radius 3 is 2.48 bits per heavy atom. The lowest BCUT2D eigenvalue weighted by molar-refractivity contribution is 0.0600. The molecule has 3 heteroatoms. The predicted octanol–water partition coefficient (Wildman–Crippen LogP) is 3.76. The first-order valence-electron chi connectivity index (χ1n) is 7.08. The van der Waals surface area contributed by atoms with Crippen molar-refractivity contribution in [3.8, 4) is 5.75 Å². The number of carbonyl (C=O) groups excluding carboxylic acids is 1. The molecule has 2 unspecified atom stereocenters. The molecule has 0 radical (unpaired) electrons. The highest BCUT2D eigenvalue weighted by molar-refractivity contribution is 5.89. The van der Waals surface area contributed by atoms with Crippen LogP contribution in [0.25, 0.3) is 0 Å². The molecular weight excluding hydrogens is 264 g/mol. The lowest BCUT2D eigenvalue weighted by atomic mass is 9.99. The van der Waals surface area contributed by atoms with Crippen LogP contribution in [0.5, 0.6) is 5.75 Å². The normalized spacial score (nSPS) is 20.1. The number of phenolic OH excluding ortho intramolecular Hbond substituents is 1. The van der Waals surface area contributed by atoms with E-state index in [2.05, 4.69) is 0 Å². The van der Waals surface area contributed by atoms with E-state index in [9.17, 15) is 9.90 Å². The summed E-state index contributed by atoms with van der Waals surface area (Å²) < 4.78 is 4.71. The largest absolute Gasteiger partial charge is 0.508 e. The highest BCUT2D eigenvalue weighted by atomic mass is 16.5. The van der Waals surface area contributed by atoms with Crippen LogP contribution in [-0.4, -0.2) is 18.2 Å². The van der Waals surface area contributed by atoms with E-state index in [1.165, 1.54) is 18.2 Å². The maximum atomic E-state index is 11.4. The molecule has 1 N–H and O–H groups in total. The van der Waals surface area contributed by atoms with Crippen molar-refractivity contribution in [1.29, 1.82) is 0 Å². The number of aromatic hydroxyl groups is 1. The van der Waals surface area contributed by atoms with Crippen LogP contribution in [0.4, 0.5) is 0 Å². The van der Waals surface area contributed by atoms with Crippen molar-refractivity contribution in [2.75, 3.05) is 7.11 Å². The minimum Gasteiger partial charge on any atom is -0.508 e. The molecule has 0 aromatic heterocycles. The SMILES string of the molecule is COC(=O)c1ccc(C2CC2c2ccc(O)cc2C)cc1. The van der Waals surface area contributed by atoms with Gasteiger partial charge < -0.3 is 9.84 Å². The van der Waals surface area contributed by atoms with Crippen LogP contribution in [0.2, 0.25) is 0 Å². The fourth-order valence-electron chi connectivity index (χ4n) is 2.97. The molecule has 0 bridgehead atoms. The lowest BCUT2D eigenvalue weighted by Gasteiger charge is -2.06. The van der Waals surface area contributed by atoms with E-state index in [1.54, 1.807) is 6.07 Å². The average Bonchev–Trinajstić information content (AvgIpc) is 3.27. The summed E-state index contributed by atoms with van der Waals surface area (Å²) in [4.78, 5) is 11.4. The molecule has 1 aliphatic carbocycles. The summed E-state index contributed by atoms with van der Waals surface area (Å²) >= 11 is 0. The van der Waals surface area contributed by atoms with Gasteiger partial charge in [-0.15, -0.1) is 0 Å². The van der Waals surface area contributed by atoms with E-state index in [1.807, 2.05) is 43.3 Å². The second-order valence-electron chi connectivity index (χ2n) is 5.60. The van der Waals surface area contributed by atoms with Crippen molar-refractivity contribution >= 4 is 5.97 Å². The van der Waals surface area contributed by atoms with E-state index in [-0.39, 0.29) is 5.97 Å². The third-order valence-electron chi connectivity index (χ3n) is 4.20. The van der Waals surface area contributed by atoms with Gasteiger partial charge in [0.1, 0.15) is 5.75 Å². The second-order valence-corrected chi connectivity index (χ2v) is 5.60. The Balaban J connectivity index is 1.77. The molecule has 0 amide bonds. The molecule has 0 aliphatic heterocycles. The number of methoxy groups -OCH3 is 1. The van der Waals surface area contributed by atoms with Gasteiger partial charge in [0.2, 0.25) is 0 Å². The topological polar surface area (TPSA) is 46.5 Å². The summed E-state index contributed by atoms with van der Waals surface area (Å²) in [5.74, 6) is 1.02. The fraction of sp³-hybridized carbons (Fsp3) is 0.278. The first kappa shape index (κ1) is 13.7. The van der Waals surface area contributed by atoms with Crippen LogP contribution >= 0.6 is 0 Å². The van der Waals surface area contributed by atoms with Crippen molar-refractivity contribution in [3.63, 3.8) is 0 Å². The predicted molar refractivity (Wildman–Crippen MR) is 80.7 cm³/mol. The number of ether oxygens (including phenoxy) is 1. The zero-order valence-corrected chi connectivity index (χ0v) is 12.2. The number of carbonyl (C=O) groups is 1. The molecule has 21 heavy (non-hydrogen) atoms. The van der Waals surface area contributed by atoms with Gasteiger partial charge in [-0.2, -0.15) is 0 Å². The van der Waals surface area contributed by atoms with Crippen molar-refractivity contribution in [2.45, 2.75) is 25.2 Å². The molecule has 108 valence electrons. The molecule has 1 aliphatic rings. The highest BCUT2D eigenvalue weighted by Crippen LogP contribution is 2.55. The molecule has 0 saturated heterocycles. The first-order chi connectivity index (χ1) is 10.1. The monoisotopic (exact) mass is 282 g/mol. The molecule has 2 aromatic rings. The number of benzene rings is 2. The quantitative estimate of drug-likeness (QED) is 0.872. The summed E-state index contributed by atoms with van der Waals surface area (Å²) in [6.07, 6.45) is 1.11. The molecule has 0 heterocycles. The Labute approximate surface area is 124 Å². The first-order valence-corrected chi connectivity index (χ1v) is 7.08. The van der Waals surface area contributed by atoms with Crippen LogP contribution in [-0.2, 0) is 4.74 Å². The van der Waals surface area contributed by atoms with E-state index < -0.39 is 0 Å². The van der Waals surface area contributed by atoms with Gasteiger partial charge in [-0.3, -0.25) is 0 Å². The van der Waals surface area contributed by atoms with Crippen molar-refractivity contribution in [1.82, 2.24) is 0 Å². The van der Waals surface area contributed by atoms with E-state index >= 15 is 0 Å². The van der Waals surface area contributed by atoms with Crippen LogP contribution in [0.15, 0.2) is 42.5 Å². The second kappa shape index (κ2) is 5.24. The smallest absolute Gasteiger partial charge is 0.337 e. The highest BCUT2D eigenvalue weighted by Gasteiger charge is 2.40. The molecule has 2 aromatic carbocycles. The number of esters is 1. The maximum Gasteiger partial charge on any atom is 0.337 e. The zero-order valence-electron chi connectivity index (χ0n) is 12.2. The minimum absolute atomic E-state index is 0.303. The summed E-state index contributed by atoms with van der Waals surface area (Å²) in [6.45, 7) is 2.03. The number of aryl methyl sites for hydroxylation is 1. The molecular formula is C18H18O3. The summed E-state index contributed by atoms with van der Waals surface area (Å²) in [7, 11) is 1.39. The van der Waals surface area contributed by atoms with Gasteiger partial charge in [0.05, 0.1) is 12.7 Å². The van der Waals surface area contributed by atoms with Crippen LogP contribution < -0.4 is 0 Å². The standard InChI is InChI=1S/C18H18O3/c1-11-9-14(19)7-8-15(11)17-10-16(17)12-3-5-13(6-4-12)18(20)21-2/h3-9,16-17,19H,10H2,1-2H3. The lowest BCUT2D eigenvalue weighted by Crippen LogP contribution is -2.00. The number of hydrogen-bond donors (Lipinski definition) is 1. The Hall–Kier alpha value is -2.29. The maximum absolute atomic E-state index is 11.4. The van der Waals surface area contributed by atoms with Crippen LogP contribution in [0.3, 0.4) is 0 Å². The Kier molecular flexibility index (Phi) is 3.42. The van der Waals surface area contributed by atoms with E-state index in [4.69, 9.17) is 4.74 Å². The third kappa shape index (κ3) is 2.64. The van der Waals surface area contributed by atoms with Gasteiger partial charge >= 0.3 is 5.97 Å². The molecule has 1 fully saturated rings. The van der Waals surface area contributed by atoms with Gasteiger partial charge in [-0.25, -0.2) is 4.79 Å². The fourth-order valence-corrected chi connectivity index (χ4v) is 2.97. The number of rotatable bonds is 3. The van der Waals surface area contributed by atoms with E-state index in [0.29, 0.717) is 23.1 Å². The Morgan fingerprint density at radius 2 is 1.86 bits per heavy atom. The van der Waals surface area contributed by atoms with Gasteiger partial charge in [-0.1, -0.05) is 18.2 Å². The molecule has 3 rings (SSSR count). The Bertz CT molecular complexity index is 673. The Morgan fingerprint density at radius 1 is 1.14 bits per heavy atom. The third-order valence-corrected chi connectivity index (χ3v) is 4.20. The average molecular weight is 282 g/mol. The van der Waals surface area contributed by atoms with Gasteiger partial charge in [0, 0.05) is 0 Å². The zero-order chi connectivity index (χ0) is 15.0. The van der Waals surface area contributed by atoms with E-state index in [0.717, 1.165) is 12.0 Å². The number of hydrogen-bond acceptors (Lipinski definition) is 3. The molecule has 0 spiro atoms. The van der Waals surface area contributed by atoms with Gasteiger partial charge in [-0.05, 0) is 66.1 Å². The van der Waals surface area contributed by atoms with Gasteiger partial charge in [0.25, 0.3) is 0 Å². The van der Waals surface area contributed by atoms with Crippen molar-refractivity contribution < 1.29 is 14.6 Å². The van der Waals surface area contributed by atoms with Crippen LogP contribution in [0.1, 0.15) is 45.3 Å². The molecule has 1 saturated carbocycles.